The molecule has 2 unspecified atom stereocenters. The number of rotatable bonds is 75. The highest BCUT2D eigenvalue weighted by atomic mass is 31.2. The van der Waals surface area contributed by atoms with Gasteiger partial charge in [-0.2, -0.15) is 0 Å². The first-order valence-electron chi connectivity index (χ1n) is 39.8. The molecule has 0 fully saturated rings. The van der Waals surface area contributed by atoms with E-state index in [-0.39, 0.29) is 25.7 Å². The summed E-state index contributed by atoms with van der Waals surface area (Å²) in [6.07, 6.45) is 53.9. The van der Waals surface area contributed by atoms with Crippen molar-refractivity contribution in [3.8, 4) is 0 Å². The summed E-state index contributed by atoms with van der Waals surface area (Å²) in [6.45, 7) is 11.9. The standard InChI is InChI=1S/C77H150O17P2/c1-8-9-10-11-12-13-14-16-24-31-39-46-53-60-76(81)94-73(65-88-75(80)59-52-45-38-33-26-29-36-43-50-57-70(6)7)67-92-96(85,86)90-63-71(78)62-89-95(83,84)91-66-72(64-87-74(79)58-51-44-37-30-23-20-19-22-28-35-42-49-56-69(4)5)93-77(82)61-54-47-40-32-25-18-15-17-21-27-34-41-48-55-68(2)3/h68-73,78H,8-67H2,1-7H3,(H,83,84)(H,85,86)/t71-,72-,73-/m1/s1. The fourth-order valence-electron chi connectivity index (χ4n) is 11.8. The number of hydrogen-bond acceptors (Lipinski definition) is 15. The third-order valence-corrected chi connectivity index (χ3v) is 19.8. The number of ether oxygens (including phenoxy) is 4. The van der Waals surface area contributed by atoms with E-state index in [2.05, 4.69) is 48.5 Å². The third-order valence-electron chi connectivity index (χ3n) is 17.9. The lowest BCUT2D eigenvalue weighted by molar-refractivity contribution is -0.161. The summed E-state index contributed by atoms with van der Waals surface area (Å²) in [5.41, 5.74) is 0. The van der Waals surface area contributed by atoms with Crippen LogP contribution in [0.4, 0.5) is 0 Å². The maximum Gasteiger partial charge on any atom is 0.472 e. The van der Waals surface area contributed by atoms with Crippen molar-refractivity contribution >= 4 is 39.5 Å². The van der Waals surface area contributed by atoms with Crippen LogP contribution in [0.5, 0.6) is 0 Å². The molecule has 0 saturated heterocycles. The normalized spacial score (nSPS) is 14.1. The second kappa shape index (κ2) is 67.5. The van der Waals surface area contributed by atoms with Crippen LogP contribution in [-0.4, -0.2) is 96.7 Å². The Bertz CT molecular complexity index is 1870. The van der Waals surface area contributed by atoms with E-state index in [1.807, 2.05) is 0 Å². The van der Waals surface area contributed by atoms with Gasteiger partial charge in [-0.25, -0.2) is 9.13 Å². The van der Waals surface area contributed by atoms with Gasteiger partial charge >= 0.3 is 39.5 Å². The zero-order valence-corrected chi connectivity index (χ0v) is 64.6. The number of carbonyl (C=O) groups excluding carboxylic acids is 4. The molecule has 0 aromatic heterocycles. The molecule has 19 heteroatoms. The van der Waals surface area contributed by atoms with Crippen LogP contribution in [0.25, 0.3) is 0 Å². The Kier molecular flexibility index (Phi) is 66.2. The molecule has 0 aliphatic heterocycles. The lowest BCUT2D eigenvalue weighted by atomic mass is 10.0. The van der Waals surface area contributed by atoms with Crippen LogP contribution in [0.3, 0.4) is 0 Å². The lowest BCUT2D eigenvalue weighted by Crippen LogP contribution is -2.30. The van der Waals surface area contributed by atoms with E-state index in [1.165, 1.54) is 205 Å². The third kappa shape index (κ3) is 70.5. The molecule has 570 valence electrons. The van der Waals surface area contributed by atoms with Crippen molar-refractivity contribution in [2.75, 3.05) is 39.6 Å². The number of phosphoric acid groups is 2. The van der Waals surface area contributed by atoms with Gasteiger partial charge in [0.1, 0.15) is 19.3 Å². The van der Waals surface area contributed by atoms with Gasteiger partial charge in [0.05, 0.1) is 26.4 Å². The van der Waals surface area contributed by atoms with Crippen LogP contribution in [0.1, 0.15) is 395 Å². The van der Waals surface area contributed by atoms with E-state index in [9.17, 15) is 43.2 Å². The van der Waals surface area contributed by atoms with Gasteiger partial charge in [-0.1, -0.05) is 344 Å². The van der Waals surface area contributed by atoms with Crippen LogP contribution in [0, 0.1) is 17.8 Å². The first-order valence-corrected chi connectivity index (χ1v) is 42.8. The quantitative estimate of drug-likeness (QED) is 0.0222. The van der Waals surface area contributed by atoms with Crippen molar-refractivity contribution < 1.29 is 80.2 Å². The van der Waals surface area contributed by atoms with E-state index >= 15 is 0 Å². The summed E-state index contributed by atoms with van der Waals surface area (Å²) in [7, 11) is -9.91. The molecule has 0 spiro atoms. The van der Waals surface area contributed by atoms with Crippen molar-refractivity contribution in [2.24, 2.45) is 17.8 Å². The second-order valence-corrected chi connectivity index (χ2v) is 32.1. The lowest BCUT2D eigenvalue weighted by Gasteiger charge is -2.21. The molecule has 0 aliphatic rings. The van der Waals surface area contributed by atoms with Crippen LogP contribution >= 0.6 is 15.6 Å². The Labute approximate surface area is 588 Å². The summed E-state index contributed by atoms with van der Waals surface area (Å²) >= 11 is 0. The monoisotopic (exact) mass is 1410 g/mol. The highest BCUT2D eigenvalue weighted by molar-refractivity contribution is 7.47. The van der Waals surface area contributed by atoms with Gasteiger partial charge in [-0.05, 0) is 43.4 Å². The van der Waals surface area contributed by atoms with E-state index in [0.717, 1.165) is 108 Å². The molecule has 3 N–H and O–H groups in total. The fourth-order valence-corrected chi connectivity index (χ4v) is 13.4. The van der Waals surface area contributed by atoms with E-state index in [1.54, 1.807) is 0 Å². The number of carbonyl (C=O) groups is 4. The predicted octanol–water partition coefficient (Wildman–Crippen LogP) is 22.6. The van der Waals surface area contributed by atoms with Gasteiger partial charge in [0.15, 0.2) is 12.2 Å². The SMILES string of the molecule is CCCCCCCCCCCCCCCC(=O)O[C@H](COC(=O)CCCCCCCCCCCC(C)C)COP(=O)(O)OC[C@H](O)COP(=O)(O)OC[C@@H](COC(=O)CCCCCCCCCCCCCCC(C)C)OC(=O)CCCCCCCCCCCCCCCC(C)C. The van der Waals surface area contributed by atoms with Crippen molar-refractivity contribution in [3.63, 3.8) is 0 Å². The molecule has 0 radical (unpaired) electrons. The molecule has 0 bridgehead atoms. The van der Waals surface area contributed by atoms with Gasteiger partial charge in [0.2, 0.25) is 0 Å². The van der Waals surface area contributed by atoms with Crippen LogP contribution in [-0.2, 0) is 65.4 Å². The maximum absolute atomic E-state index is 13.1. The smallest absolute Gasteiger partial charge is 0.462 e. The minimum absolute atomic E-state index is 0.107. The van der Waals surface area contributed by atoms with Gasteiger partial charge in [0.25, 0.3) is 0 Å². The zero-order chi connectivity index (χ0) is 70.9. The van der Waals surface area contributed by atoms with Gasteiger partial charge < -0.3 is 33.8 Å². The number of aliphatic hydroxyl groups excluding tert-OH is 1. The Morgan fingerprint density at radius 1 is 0.281 bits per heavy atom. The molecule has 17 nitrogen and oxygen atoms in total. The number of phosphoric ester groups is 2. The zero-order valence-electron chi connectivity index (χ0n) is 62.8. The molecular formula is C77H150O17P2. The van der Waals surface area contributed by atoms with Crippen molar-refractivity contribution in [1.82, 2.24) is 0 Å². The van der Waals surface area contributed by atoms with Crippen molar-refractivity contribution in [1.29, 1.82) is 0 Å². The summed E-state index contributed by atoms with van der Waals surface area (Å²) in [5, 5.41) is 10.6. The Hall–Kier alpha value is -1.94. The number of hydrogen-bond donors (Lipinski definition) is 3. The van der Waals surface area contributed by atoms with Crippen LogP contribution < -0.4 is 0 Å². The van der Waals surface area contributed by atoms with Crippen molar-refractivity contribution in [3.05, 3.63) is 0 Å². The molecule has 0 aliphatic carbocycles. The summed E-state index contributed by atoms with van der Waals surface area (Å²) < 4.78 is 68.6. The average molecular weight is 1410 g/mol. The molecule has 5 atom stereocenters. The average Bonchev–Trinajstić information content (AvgIpc) is 1.05. The minimum Gasteiger partial charge on any atom is -0.462 e. The summed E-state index contributed by atoms with van der Waals surface area (Å²) in [6, 6.07) is 0. The largest absolute Gasteiger partial charge is 0.472 e. The van der Waals surface area contributed by atoms with Crippen molar-refractivity contribution in [2.45, 2.75) is 414 Å². The van der Waals surface area contributed by atoms with Crippen LogP contribution in [0.2, 0.25) is 0 Å². The fraction of sp³-hybridized carbons (Fsp3) is 0.948. The Balaban J connectivity index is 5.27. The van der Waals surface area contributed by atoms with E-state index < -0.39 is 97.5 Å². The summed E-state index contributed by atoms with van der Waals surface area (Å²) in [5.74, 6) is 0.198. The van der Waals surface area contributed by atoms with Gasteiger partial charge in [-0.3, -0.25) is 37.3 Å². The van der Waals surface area contributed by atoms with E-state index in [4.69, 9.17) is 37.0 Å². The molecule has 0 aromatic rings. The topological polar surface area (TPSA) is 237 Å². The summed E-state index contributed by atoms with van der Waals surface area (Å²) in [4.78, 5) is 72.9. The highest BCUT2D eigenvalue weighted by Gasteiger charge is 2.30. The second-order valence-electron chi connectivity index (χ2n) is 29.2. The number of unbranched alkanes of at least 4 members (excludes halogenated alkanes) is 43. The molecule has 0 heterocycles. The molecule has 96 heavy (non-hydrogen) atoms. The molecule has 0 saturated carbocycles. The molecule has 0 rings (SSSR count). The Morgan fingerprint density at radius 3 is 0.708 bits per heavy atom. The van der Waals surface area contributed by atoms with Gasteiger partial charge in [-0.15, -0.1) is 0 Å². The maximum atomic E-state index is 13.1. The number of esters is 4. The first kappa shape index (κ1) is 94.1. The predicted molar refractivity (Wildman–Crippen MR) is 391 cm³/mol. The minimum atomic E-state index is -4.96. The van der Waals surface area contributed by atoms with E-state index in [0.29, 0.717) is 25.7 Å². The Morgan fingerprint density at radius 2 is 0.479 bits per heavy atom. The highest BCUT2D eigenvalue weighted by Crippen LogP contribution is 2.45. The first-order chi connectivity index (χ1) is 46.2. The number of aliphatic hydroxyl groups is 1. The van der Waals surface area contributed by atoms with Crippen LogP contribution in [0.15, 0.2) is 0 Å². The molecular weight excluding hydrogens is 1260 g/mol. The van der Waals surface area contributed by atoms with Gasteiger partial charge in [0, 0.05) is 25.7 Å². The molecule has 0 amide bonds. The molecule has 0 aromatic carbocycles.